The van der Waals surface area contributed by atoms with Gasteiger partial charge in [-0.25, -0.2) is 0 Å². The molecule has 1 aromatic carbocycles. The molecule has 0 aliphatic carbocycles. The number of anilines is 1. The van der Waals surface area contributed by atoms with Crippen LogP contribution < -0.4 is 15.5 Å². The first-order valence-corrected chi connectivity index (χ1v) is 10.4. The van der Waals surface area contributed by atoms with Gasteiger partial charge in [0.15, 0.2) is 5.96 Å². The third-order valence-electron chi connectivity index (χ3n) is 5.63. The molecule has 158 valence electrons. The number of hydrogen-bond donors (Lipinski definition) is 2. The molecule has 3 rings (SSSR count). The molecule has 1 aromatic rings. The van der Waals surface area contributed by atoms with Gasteiger partial charge in [-0.05, 0) is 58.1 Å². The highest BCUT2D eigenvalue weighted by molar-refractivity contribution is 14.0. The second kappa shape index (κ2) is 12.5. The van der Waals surface area contributed by atoms with Gasteiger partial charge in [0, 0.05) is 51.5 Å². The highest BCUT2D eigenvalue weighted by Crippen LogP contribution is 2.19. The number of rotatable bonds is 6. The Morgan fingerprint density at radius 1 is 1.11 bits per heavy atom. The molecule has 0 saturated carbocycles. The van der Waals surface area contributed by atoms with E-state index in [0.29, 0.717) is 6.04 Å². The van der Waals surface area contributed by atoms with E-state index in [-0.39, 0.29) is 24.0 Å². The quantitative estimate of drug-likeness (QED) is 0.271. The minimum atomic E-state index is 0. The molecule has 28 heavy (non-hydrogen) atoms. The number of likely N-dealkylation sites (N-methyl/N-ethyl adjacent to an activating group) is 1. The number of halogens is 1. The summed E-state index contributed by atoms with van der Waals surface area (Å²) in [6, 6.07) is 11.1. The third kappa shape index (κ3) is 7.40. The van der Waals surface area contributed by atoms with Gasteiger partial charge in [-0.1, -0.05) is 18.2 Å². The van der Waals surface area contributed by atoms with E-state index in [9.17, 15) is 0 Å². The molecule has 2 fully saturated rings. The van der Waals surface area contributed by atoms with Gasteiger partial charge >= 0.3 is 0 Å². The topological polar surface area (TPSA) is 46.1 Å². The molecule has 1 atom stereocenters. The molecular weight excluding hydrogens is 463 g/mol. The van der Waals surface area contributed by atoms with Gasteiger partial charge in [-0.15, -0.1) is 24.0 Å². The summed E-state index contributed by atoms with van der Waals surface area (Å²) in [7, 11) is 4.09. The van der Waals surface area contributed by atoms with Crippen molar-refractivity contribution in [3.05, 3.63) is 30.3 Å². The van der Waals surface area contributed by atoms with E-state index >= 15 is 0 Å². The summed E-state index contributed by atoms with van der Waals surface area (Å²) in [4.78, 5) is 11.9. The second-order valence-corrected chi connectivity index (χ2v) is 7.76. The van der Waals surface area contributed by atoms with Crippen LogP contribution in [0.2, 0.25) is 0 Å². The Kier molecular flexibility index (Phi) is 10.4. The van der Waals surface area contributed by atoms with Crippen molar-refractivity contribution in [1.82, 2.24) is 20.4 Å². The maximum absolute atomic E-state index is 4.41. The molecule has 0 bridgehead atoms. The molecule has 7 heteroatoms. The summed E-state index contributed by atoms with van der Waals surface area (Å²) >= 11 is 0. The van der Waals surface area contributed by atoms with E-state index in [0.717, 1.165) is 38.4 Å². The van der Waals surface area contributed by atoms with E-state index in [1.54, 1.807) is 0 Å². The summed E-state index contributed by atoms with van der Waals surface area (Å²) in [6.07, 6.45) is 3.59. The third-order valence-corrected chi connectivity index (χ3v) is 5.63. The van der Waals surface area contributed by atoms with Crippen LogP contribution in [0.15, 0.2) is 35.3 Å². The van der Waals surface area contributed by atoms with Crippen molar-refractivity contribution in [1.29, 1.82) is 0 Å². The molecule has 2 aliphatic rings. The average Bonchev–Trinajstić information content (AvgIpc) is 3.07. The van der Waals surface area contributed by atoms with Crippen LogP contribution in [-0.2, 0) is 0 Å². The van der Waals surface area contributed by atoms with Crippen molar-refractivity contribution in [3.63, 3.8) is 0 Å². The molecule has 0 amide bonds. The lowest BCUT2D eigenvalue weighted by Crippen LogP contribution is -2.45. The Bertz CT molecular complexity index is 582. The van der Waals surface area contributed by atoms with E-state index in [4.69, 9.17) is 0 Å². The lowest BCUT2D eigenvalue weighted by Gasteiger charge is -2.22. The zero-order valence-electron chi connectivity index (χ0n) is 17.4. The molecule has 0 radical (unpaired) electrons. The van der Waals surface area contributed by atoms with E-state index in [1.165, 1.54) is 44.8 Å². The number of hydrogen-bond acceptors (Lipinski definition) is 4. The zero-order valence-corrected chi connectivity index (χ0v) is 19.8. The molecular formula is C21H37IN6. The van der Waals surface area contributed by atoms with Gasteiger partial charge in [0.25, 0.3) is 0 Å². The molecule has 0 aromatic heterocycles. The van der Waals surface area contributed by atoms with Crippen LogP contribution in [-0.4, -0.2) is 88.3 Å². The van der Waals surface area contributed by atoms with Gasteiger partial charge in [0.2, 0.25) is 0 Å². The Labute approximate surface area is 187 Å². The predicted molar refractivity (Wildman–Crippen MR) is 130 cm³/mol. The number of aliphatic imine (C=N–C) groups is 1. The smallest absolute Gasteiger partial charge is 0.191 e. The Balaban J connectivity index is 0.00000280. The second-order valence-electron chi connectivity index (χ2n) is 7.76. The maximum Gasteiger partial charge on any atom is 0.191 e. The van der Waals surface area contributed by atoms with Crippen molar-refractivity contribution in [3.8, 4) is 0 Å². The van der Waals surface area contributed by atoms with Crippen molar-refractivity contribution in [2.24, 2.45) is 4.99 Å². The molecule has 6 nitrogen and oxygen atoms in total. The monoisotopic (exact) mass is 500 g/mol. The van der Waals surface area contributed by atoms with Gasteiger partial charge in [-0.2, -0.15) is 0 Å². The first-order chi connectivity index (χ1) is 13.2. The number of para-hydroxylation sites is 1. The van der Waals surface area contributed by atoms with Crippen LogP contribution in [0, 0.1) is 0 Å². The average molecular weight is 500 g/mol. The van der Waals surface area contributed by atoms with Crippen LogP contribution in [0.5, 0.6) is 0 Å². The summed E-state index contributed by atoms with van der Waals surface area (Å²) < 4.78 is 0. The summed E-state index contributed by atoms with van der Waals surface area (Å²) in [6.45, 7) is 9.12. The molecule has 2 heterocycles. The number of guanidine groups is 1. The highest BCUT2D eigenvalue weighted by atomic mass is 127. The van der Waals surface area contributed by atoms with Gasteiger partial charge < -0.3 is 25.3 Å². The predicted octanol–water partition coefficient (Wildman–Crippen LogP) is 2.08. The van der Waals surface area contributed by atoms with E-state index < -0.39 is 0 Å². The SMILES string of the molecule is CN=C(NCCCN1CCCN(C)CC1)NC1CCN(c2ccccc2)C1.I. The minimum absolute atomic E-state index is 0. The molecule has 1 unspecified atom stereocenters. The van der Waals surface area contributed by atoms with Crippen LogP contribution in [0.4, 0.5) is 5.69 Å². The van der Waals surface area contributed by atoms with Crippen molar-refractivity contribution >= 4 is 35.6 Å². The minimum Gasteiger partial charge on any atom is -0.369 e. The summed E-state index contributed by atoms with van der Waals surface area (Å²) in [5.74, 6) is 0.936. The largest absolute Gasteiger partial charge is 0.369 e. The Morgan fingerprint density at radius 2 is 1.93 bits per heavy atom. The Morgan fingerprint density at radius 3 is 2.71 bits per heavy atom. The zero-order chi connectivity index (χ0) is 18.9. The molecule has 2 N–H and O–H groups in total. The van der Waals surface area contributed by atoms with Gasteiger partial charge in [0.1, 0.15) is 0 Å². The Hall–Kier alpha value is -1.06. The number of nitrogens with zero attached hydrogens (tertiary/aromatic N) is 4. The lowest BCUT2D eigenvalue weighted by molar-refractivity contribution is 0.274. The van der Waals surface area contributed by atoms with Crippen LogP contribution >= 0.6 is 24.0 Å². The summed E-state index contributed by atoms with van der Waals surface area (Å²) in [5, 5.41) is 7.09. The van der Waals surface area contributed by atoms with Crippen LogP contribution in [0.25, 0.3) is 0 Å². The van der Waals surface area contributed by atoms with Crippen LogP contribution in [0.3, 0.4) is 0 Å². The number of benzene rings is 1. The van der Waals surface area contributed by atoms with Gasteiger partial charge in [0.05, 0.1) is 0 Å². The van der Waals surface area contributed by atoms with E-state index in [1.807, 2.05) is 7.05 Å². The van der Waals surface area contributed by atoms with Crippen molar-refractivity contribution in [2.45, 2.75) is 25.3 Å². The summed E-state index contributed by atoms with van der Waals surface area (Å²) in [5.41, 5.74) is 1.31. The fourth-order valence-corrected chi connectivity index (χ4v) is 3.97. The molecule has 2 aliphatic heterocycles. The standard InChI is InChI=1S/C21H36N6.HI/c1-22-21(23-11-6-13-26-14-7-12-25(2)16-17-26)24-19-10-15-27(18-19)20-8-4-3-5-9-20;/h3-5,8-9,19H,6-7,10-18H2,1-2H3,(H2,22,23,24);1H. The van der Waals surface area contributed by atoms with Gasteiger partial charge in [-0.3, -0.25) is 4.99 Å². The molecule has 0 spiro atoms. The van der Waals surface area contributed by atoms with Crippen molar-refractivity contribution in [2.75, 3.05) is 71.4 Å². The van der Waals surface area contributed by atoms with Crippen molar-refractivity contribution < 1.29 is 0 Å². The number of nitrogens with one attached hydrogen (secondary N) is 2. The first kappa shape index (κ1) is 23.2. The lowest BCUT2D eigenvalue weighted by atomic mass is 10.2. The molecule has 2 saturated heterocycles. The van der Waals surface area contributed by atoms with Crippen LogP contribution in [0.1, 0.15) is 19.3 Å². The fourth-order valence-electron chi connectivity index (χ4n) is 3.97. The van der Waals surface area contributed by atoms with E-state index in [2.05, 4.69) is 67.7 Å². The first-order valence-electron chi connectivity index (χ1n) is 10.4. The normalized spacial score (nSPS) is 21.9. The highest BCUT2D eigenvalue weighted by Gasteiger charge is 2.23. The fraction of sp³-hybridized carbons (Fsp3) is 0.667. The maximum atomic E-state index is 4.41.